The summed E-state index contributed by atoms with van der Waals surface area (Å²) in [5.74, 6) is 0.401. The Bertz CT molecular complexity index is 495. The Morgan fingerprint density at radius 2 is 2.00 bits per heavy atom. The molecule has 0 fully saturated rings. The molecule has 0 aliphatic carbocycles. The molecule has 0 radical (unpaired) electrons. The second kappa shape index (κ2) is 6.85. The van der Waals surface area contributed by atoms with Crippen LogP contribution in [0.15, 0.2) is 6.07 Å². The quantitative estimate of drug-likeness (QED) is 0.833. The second-order valence-corrected chi connectivity index (χ2v) is 6.33. The Morgan fingerprint density at radius 3 is 2.52 bits per heavy atom. The van der Waals surface area contributed by atoms with Gasteiger partial charge in [-0.15, -0.1) is 0 Å². The summed E-state index contributed by atoms with van der Waals surface area (Å²) in [7, 11) is 3.80. The zero-order valence-electron chi connectivity index (χ0n) is 14.0. The van der Waals surface area contributed by atoms with Crippen molar-refractivity contribution in [3.63, 3.8) is 0 Å². The number of carbonyl (C=O) groups is 1. The fraction of sp³-hybridized carbons (Fsp3) is 0.667. The molecule has 1 atom stereocenters. The highest BCUT2D eigenvalue weighted by Crippen LogP contribution is 2.10. The minimum absolute atomic E-state index is 0.263. The van der Waals surface area contributed by atoms with Crippen molar-refractivity contribution in [3.05, 3.63) is 17.5 Å². The molecule has 0 bridgehead atoms. The lowest BCUT2D eigenvalue weighted by atomic mass is 10.2. The Hall–Kier alpha value is -1.69. The smallest absolute Gasteiger partial charge is 0.323 e. The van der Waals surface area contributed by atoms with Crippen molar-refractivity contribution < 1.29 is 9.53 Å². The molecule has 0 saturated heterocycles. The zero-order chi connectivity index (χ0) is 16.2. The molecule has 1 aromatic heterocycles. The van der Waals surface area contributed by atoms with Crippen LogP contribution in [-0.2, 0) is 16.1 Å². The Morgan fingerprint density at radius 1 is 1.38 bits per heavy atom. The summed E-state index contributed by atoms with van der Waals surface area (Å²) in [5.41, 5.74) is 1.27. The van der Waals surface area contributed by atoms with Gasteiger partial charge in [0.25, 0.3) is 0 Å². The molecular formula is C15H26N4O2. The van der Waals surface area contributed by atoms with Gasteiger partial charge in [-0.25, -0.2) is 9.97 Å². The number of rotatable bonds is 5. The third-order valence-corrected chi connectivity index (χ3v) is 2.65. The average Bonchev–Trinajstić information content (AvgIpc) is 2.33. The van der Waals surface area contributed by atoms with E-state index in [9.17, 15) is 4.79 Å². The van der Waals surface area contributed by atoms with Gasteiger partial charge in [-0.2, -0.15) is 0 Å². The first-order valence-electron chi connectivity index (χ1n) is 7.06. The standard InChI is InChI=1S/C15H26N4O2/c1-10-8-12(18-14(17-10)19(6)7)9-16-11(2)13(20)21-15(3,4)5/h8,11,16H,9H2,1-7H3/t11-/m0/s1. The van der Waals surface area contributed by atoms with Gasteiger partial charge in [0.2, 0.25) is 5.95 Å². The van der Waals surface area contributed by atoms with E-state index in [4.69, 9.17) is 4.74 Å². The molecule has 1 heterocycles. The van der Waals surface area contributed by atoms with E-state index in [0.29, 0.717) is 12.5 Å². The third kappa shape index (κ3) is 6.08. The summed E-state index contributed by atoms with van der Waals surface area (Å²) in [4.78, 5) is 22.5. The molecule has 0 aliphatic rings. The maximum Gasteiger partial charge on any atom is 0.323 e. The van der Waals surface area contributed by atoms with Crippen molar-refractivity contribution in [2.45, 2.75) is 52.8 Å². The molecule has 0 amide bonds. The van der Waals surface area contributed by atoms with Crippen molar-refractivity contribution >= 4 is 11.9 Å². The predicted molar refractivity (Wildman–Crippen MR) is 83.2 cm³/mol. The summed E-state index contributed by atoms with van der Waals surface area (Å²) in [5, 5.41) is 3.13. The minimum atomic E-state index is -0.476. The van der Waals surface area contributed by atoms with E-state index in [-0.39, 0.29) is 12.0 Å². The summed E-state index contributed by atoms with van der Waals surface area (Å²) in [6, 6.07) is 1.52. The van der Waals surface area contributed by atoms with Crippen molar-refractivity contribution in [1.29, 1.82) is 0 Å². The normalized spacial score (nSPS) is 12.9. The average molecular weight is 294 g/mol. The maximum atomic E-state index is 11.9. The molecule has 0 unspecified atom stereocenters. The minimum Gasteiger partial charge on any atom is -0.459 e. The van der Waals surface area contributed by atoms with Crippen LogP contribution in [0.4, 0.5) is 5.95 Å². The number of nitrogens with one attached hydrogen (secondary N) is 1. The van der Waals surface area contributed by atoms with Crippen molar-refractivity contribution in [1.82, 2.24) is 15.3 Å². The predicted octanol–water partition coefficient (Wildman–Crippen LogP) is 1.67. The zero-order valence-corrected chi connectivity index (χ0v) is 14.0. The summed E-state index contributed by atoms with van der Waals surface area (Å²) >= 11 is 0. The van der Waals surface area contributed by atoms with Gasteiger partial charge in [0.05, 0.1) is 5.69 Å². The molecule has 21 heavy (non-hydrogen) atoms. The van der Waals surface area contributed by atoms with E-state index in [1.54, 1.807) is 6.92 Å². The van der Waals surface area contributed by atoms with E-state index < -0.39 is 5.60 Å². The van der Waals surface area contributed by atoms with Crippen molar-refractivity contribution in [3.8, 4) is 0 Å². The third-order valence-electron chi connectivity index (χ3n) is 2.65. The molecule has 0 spiro atoms. The first-order valence-corrected chi connectivity index (χ1v) is 7.06. The van der Waals surface area contributed by atoms with Gasteiger partial charge in [-0.1, -0.05) is 0 Å². The SMILES string of the molecule is Cc1cc(CN[C@@H](C)C(=O)OC(C)(C)C)nc(N(C)C)n1. The van der Waals surface area contributed by atoms with Crippen LogP contribution in [0.25, 0.3) is 0 Å². The Labute approximate surface area is 126 Å². The molecule has 1 rings (SSSR count). The molecular weight excluding hydrogens is 268 g/mol. The number of nitrogens with zero attached hydrogens (tertiary/aromatic N) is 3. The van der Waals surface area contributed by atoms with Gasteiger partial charge >= 0.3 is 5.97 Å². The number of ether oxygens (including phenoxy) is 1. The molecule has 0 saturated carbocycles. The van der Waals surface area contributed by atoms with Crippen LogP contribution in [0.1, 0.15) is 39.1 Å². The van der Waals surface area contributed by atoms with Crippen LogP contribution in [0.2, 0.25) is 0 Å². The van der Waals surface area contributed by atoms with Crippen LogP contribution in [0, 0.1) is 6.92 Å². The number of carbonyl (C=O) groups excluding carboxylic acids is 1. The highest BCUT2D eigenvalue weighted by Gasteiger charge is 2.21. The molecule has 0 aromatic carbocycles. The van der Waals surface area contributed by atoms with Gasteiger partial charge < -0.3 is 9.64 Å². The fourth-order valence-corrected chi connectivity index (χ4v) is 1.64. The Kier molecular flexibility index (Phi) is 5.66. The molecule has 1 aromatic rings. The molecule has 118 valence electrons. The lowest BCUT2D eigenvalue weighted by Crippen LogP contribution is -2.39. The van der Waals surface area contributed by atoms with Crippen LogP contribution < -0.4 is 10.2 Å². The van der Waals surface area contributed by atoms with Gasteiger partial charge in [-0.3, -0.25) is 10.1 Å². The number of hydrogen-bond donors (Lipinski definition) is 1. The van der Waals surface area contributed by atoms with Crippen molar-refractivity contribution in [2.75, 3.05) is 19.0 Å². The van der Waals surface area contributed by atoms with E-state index in [2.05, 4.69) is 15.3 Å². The van der Waals surface area contributed by atoms with Crippen LogP contribution >= 0.6 is 0 Å². The number of hydrogen-bond acceptors (Lipinski definition) is 6. The fourth-order valence-electron chi connectivity index (χ4n) is 1.64. The highest BCUT2D eigenvalue weighted by molar-refractivity contribution is 5.75. The summed E-state index contributed by atoms with van der Waals surface area (Å²) in [6.07, 6.45) is 0. The first-order chi connectivity index (χ1) is 9.58. The monoisotopic (exact) mass is 294 g/mol. The largest absolute Gasteiger partial charge is 0.459 e. The number of anilines is 1. The van der Waals surface area contributed by atoms with Crippen LogP contribution in [-0.4, -0.2) is 41.7 Å². The maximum absolute atomic E-state index is 11.9. The lowest BCUT2D eigenvalue weighted by molar-refractivity contribution is -0.157. The molecule has 6 heteroatoms. The van der Waals surface area contributed by atoms with Gasteiger partial charge in [0.1, 0.15) is 11.6 Å². The topological polar surface area (TPSA) is 67.3 Å². The highest BCUT2D eigenvalue weighted by atomic mass is 16.6. The van der Waals surface area contributed by atoms with Crippen molar-refractivity contribution in [2.24, 2.45) is 0 Å². The number of esters is 1. The Balaban J connectivity index is 2.65. The van der Waals surface area contributed by atoms with E-state index in [1.165, 1.54) is 0 Å². The number of aryl methyl sites for hydroxylation is 1. The molecule has 6 nitrogen and oxygen atoms in total. The van der Waals surface area contributed by atoms with Gasteiger partial charge in [0.15, 0.2) is 0 Å². The molecule has 1 N–H and O–H groups in total. The van der Waals surface area contributed by atoms with E-state index in [1.807, 2.05) is 52.8 Å². The van der Waals surface area contributed by atoms with Gasteiger partial charge in [-0.05, 0) is 40.7 Å². The summed E-state index contributed by atoms with van der Waals surface area (Å²) < 4.78 is 5.33. The first kappa shape index (κ1) is 17.4. The lowest BCUT2D eigenvalue weighted by Gasteiger charge is -2.22. The van der Waals surface area contributed by atoms with E-state index >= 15 is 0 Å². The summed E-state index contributed by atoms with van der Waals surface area (Å²) in [6.45, 7) is 9.77. The number of aromatic nitrogens is 2. The van der Waals surface area contributed by atoms with E-state index in [0.717, 1.165) is 11.4 Å². The molecule has 0 aliphatic heterocycles. The second-order valence-electron chi connectivity index (χ2n) is 6.33. The van der Waals surface area contributed by atoms with Gasteiger partial charge in [0, 0.05) is 26.3 Å². The van der Waals surface area contributed by atoms with Crippen LogP contribution in [0.5, 0.6) is 0 Å². The van der Waals surface area contributed by atoms with Crippen LogP contribution in [0.3, 0.4) is 0 Å².